The number of primary amides is 1. The second-order valence-corrected chi connectivity index (χ2v) is 7.24. The van der Waals surface area contributed by atoms with Gasteiger partial charge in [-0.1, -0.05) is 18.0 Å². The molecule has 0 unspecified atom stereocenters. The van der Waals surface area contributed by atoms with E-state index in [1.165, 1.54) is 17.8 Å². The number of fused-ring (bicyclic) bond motifs is 1. The minimum atomic E-state index is -0.484. The van der Waals surface area contributed by atoms with E-state index in [2.05, 4.69) is 10.5 Å². The molecule has 24 heavy (non-hydrogen) atoms. The van der Waals surface area contributed by atoms with E-state index >= 15 is 0 Å². The van der Waals surface area contributed by atoms with Gasteiger partial charge in [0.15, 0.2) is 0 Å². The van der Waals surface area contributed by atoms with Gasteiger partial charge in [-0.2, -0.15) is 0 Å². The largest absolute Gasteiger partial charge is 0.365 e. The van der Waals surface area contributed by atoms with Crippen LogP contribution in [0.5, 0.6) is 0 Å². The van der Waals surface area contributed by atoms with Crippen molar-refractivity contribution >= 4 is 28.2 Å². The number of hydrogen-bond donors (Lipinski definition) is 2. The van der Waals surface area contributed by atoms with Gasteiger partial charge in [0.1, 0.15) is 16.3 Å². The maximum absolute atomic E-state index is 12.6. The average Bonchev–Trinajstić information content (AvgIpc) is 2.99. The average molecular weight is 347 g/mol. The number of thiophene rings is 1. The Kier molecular flexibility index (Phi) is 4.71. The summed E-state index contributed by atoms with van der Waals surface area (Å²) >= 11 is 1.47. The van der Waals surface area contributed by atoms with Gasteiger partial charge < -0.3 is 15.6 Å². The molecule has 0 aromatic carbocycles. The number of nitrogens with one attached hydrogen (secondary N) is 1. The second kappa shape index (κ2) is 6.76. The number of rotatable bonds is 3. The van der Waals surface area contributed by atoms with Crippen LogP contribution in [0.3, 0.4) is 0 Å². The third-order valence-electron chi connectivity index (χ3n) is 4.41. The Balaban J connectivity index is 1.97. The minimum Gasteiger partial charge on any atom is -0.365 e. The lowest BCUT2D eigenvalue weighted by molar-refractivity contribution is 0.100. The number of anilines is 1. The minimum absolute atomic E-state index is 0.317. The summed E-state index contributed by atoms with van der Waals surface area (Å²) in [6, 6.07) is 0. The van der Waals surface area contributed by atoms with Crippen LogP contribution < -0.4 is 11.1 Å². The van der Waals surface area contributed by atoms with Gasteiger partial charge in [-0.15, -0.1) is 11.3 Å². The highest BCUT2D eigenvalue weighted by Gasteiger charge is 2.25. The van der Waals surface area contributed by atoms with Crippen molar-refractivity contribution in [1.29, 1.82) is 0 Å². The first-order valence-electron chi connectivity index (χ1n) is 8.17. The fourth-order valence-corrected chi connectivity index (χ4v) is 4.53. The highest BCUT2D eigenvalue weighted by atomic mass is 32.1. The zero-order valence-corrected chi connectivity index (χ0v) is 14.7. The van der Waals surface area contributed by atoms with Crippen molar-refractivity contribution in [3.05, 3.63) is 33.0 Å². The van der Waals surface area contributed by atoms with E-state index in [9.17, 15) is 9.59 Å². The van der Waals surface area contributed by atoms with Gasteiger partial charge in [-0.25, -0.2) is 0 Å². The number of hydrogen-bond acceptors (Lipinski definition) is 5. The maximum atomic E-state index is 12.6. The lowest BCUT2D eigenvalue weighted by Gasteiger charge is -2.10. The van der Waals surface area contributed by atoms with Crippen LogP contribution in [-0.4, -0.2) is 17.0 Å². The summed E-state index contributed by atoms with van der Waals surface area (Å²) < 4.78 is 5.05. The standard InChI is InChI=1S/C17H21N3O3S/c1-9-13(10(2)23-20-9)16(22)19-17-14(15(18)21)11-7-5-3-4-6-8-12(11)24-17/h3-8H2,1-2H3,(H2,18,21)(H,19,22). The molecule has 1 aliphatic carbocycles. The van der Waals surface area contributed by atoms with E-state index in [0.717, 1.165) is 42.5 Å². The van der Waals surface area contributed by atoms with Gasteiger partial charge in [0.05, 0.1) is 11.3 Å². The molecule has 3 N–H and O–H groups in total. The van der Waals surface area contributed by atoms with Gasteiger partial charge in [0, 0.05) is 4.88 Å². The Morgan fingerprint density at radius 3 is 2.46 bits per heavy atom. The SMILES string of the molecule is Cc1noc(C)c1C(=O)Nc1sc2c(c1C(N)=O)CCCCCC2. The molecule has 2 aromatic heterocycles. The predicted molar refractivity (Wildman–Crippen MR) is 92.6 cm³/mol. The lowest BCUT2D eigenvalue weighted by atomic mass is 9.96. The Morgan fingerprint density at radius 1 is 1.12 bits per heavy atom. The van der Waals surface area contributed by atoms with Gasteiger partial charge in [-0.05, 0) is 45.1 Å². The third-order valence-corrected chi connectivity index (χ3v) is 5.61. The number of carbonyl (C=O) groups is 2. The van der Waals surface area contributed by atoms with Crippen LogP contribution in [0, 0.1) is 13.8 Å². The first kappa shape index (κ1) is 16.7. The zero-order valence-electron chi connectivity index (χ0n) is 13.9. The first-order valence-corrected chi connectivity index (χ1v) is 8.99. The van der Waals surface area contributed by atoms with Crippen LogP contribution >= 0.6 is 11.3 Å². The molecule has 0 aliphatic heterocycles. The lowest BCUT2D eigenvalue weighted by Crippen LogP contribution is -2.19. The molecule has 0 fully saturated rings. The molecule has 0 bridgehead atoms. The molecule has 2 aromatic rings. The van der Waals surface area contributed by atoms with E-state index in [4.69, 9.17) is 10.3 Å². The molecule has 0 saturated heterocycles. The molecule has 3 rings (SSSR count). The molecule has 0 atom stereocenters. The molecule has 0 saturated carbocycles. The summed E-state index contributed by atoms with van der Waals surface area (Å²) in [5.41, 5.74) is 8.03. The predicted octanol–water partition coefficient (Wildman–Crippen LogP) is 3.36. The van der Waals surface area contributed by atoms with E-state index in [0.29, 0.717) is 27.6 Å². The number of aryl methyl sites for hydroxylation is 3. The van der Waals surface area contributed by atoms with Gasteiger partial charge >= 0.3 is 0 Å². The van der Waals surface area contributed by atoms with Crippen LogP contribution in [0.4, 0.5) is 5.00 Å². The summed E-state index contributed by atoms with van der Waals surface area (Å²) in [4.78, 5) is 25.7. The van der Waals surface area contributed by atoms with E-state index in [1.807, 2.05) is 0 Å². The van der Waals surface area contributed by atoms with Gasteiger partial charge in [0.25, 0.3) is 11.8 Å². The quantitative estimate of drug-likeness (QED) is 0.889. The highest BCUT2D eigenvalue weighted by molar-refractivity contribution is 7.17. The third kappa shape index (κ3) is 3.08. The summed E-state index contributed by atoms with van der Waals surface area (Å²) in [7, 11) is 0. The number of amides is 2. The highest BCUT2D eigenvalue weighted by Crippen LogP contribution is 2.37. The smallest absolute Gasteiger partial charge is 0.261 e. The molecular weight excluding hydrogens is 326 g/mol. The number of aromatic nitrogens is 1. The molecule has 6 nitrogen and oxygen atoms in total. The molecule has 0 spiro atoms. The van der Waals surface area contributed by atoms with Crippen molar-refractivity contribution in [2.45, 2.75) is 52.4 Å². The van der Waals surface area contributed by atoms with Crippen LogP contribution in [0.15, 0.2) is 4.52 Å². The second-order valence-electron chi connectivity index (χ2n) is 6.14. The zero-order chi connectivity index (χ0) is 17.3. The Bertz CT molecular complexity index is 772. The molecule has 1 aliphatic rings. The van der Waals surface area contributed by atoms with Crippen LogP contribution in [0.2, 0.25) is 0 Å². The topological polar surface area (TPSA) is 98.2 Å². The van der Waals surface area contributed by atoms with Gasteiger partial charge in [-0.3, -0.25) is 9.59 Å². The molecule has 2 heterocycles. The molecule has 0 radical (unpaired) electrons. The Labute approximate surface area is 144 Å². The molecular formula is C17H21N3O3S. The monoisotopic (exact) mass is 347 g/mol. The molecule has 128 valence electrons. The Morgan fingerprint density at radius 2 is 1.83 bits per heavy atom. The first-order chi connectivity index (χ1) is 11.5. The van der Waals surface area contributed by atoms with Crippen LogP contribution in [-0.2, 0) is 12.8 Å². The van der Waals surface area contributed by atoms with Crippen molar-refractivity contribution in [3.63, 3.8) is 0 Å². The van der Waals surface area contributed by atoms with Crippen LogP contribution in [0.25, 0.3) is 0 Å². The van der Waals surface area contributed by atoms with E-state index in [1.54, 1.807) is 13.8 Å². The van der Waals surface area contributed by atoms with Crippen LogP contribution in [0.1, 0.15) is 68.3 Å². The summed E-state index contributed by atoms with van der Waals surface area (Å²) in [5, 5.41) is 7.20. The fourth-order valence-electron chi connectivity index (χ4n) is 3.24. The fraction of sp³-hybridized carbons (Fsp3) is 0.471. The van der Waals surface area contributed by atoms with Crippen molar-refractivity contribution in [2.75, 3.05) is 5.32 Å². The van der Waals surface area contributed by atoms with Gasteiger partial charge in [0.2, 0.25) is 0 Å². The number of carbonyl (C=O) groups excluding carboxylic acids is 2. The Hall–Kier alpha value is -2.15. The summed E-state index contributed by atoms with van der Waals surface area (Å²) in [6.45, 7) is 3.41. The van der Waals surface area contributed by atoms with Crippen molar-refractivity contribution < 1.29 is 14.1 Å². The van der Waals surface area contributed by atoms with Crippen molar-refractivity contribution in [2.24, 2.45) is 5.73 Å². The normalized spacial score (nSPS) is 14.6. The van der Waals surface area contributed by atoms with Crippen molar-refractivity contribution in [3.8, 4) is 0 Å². The van der Waals surface area contributed by atoms with E-state index in [-0.39, 0.29) is 5.91 Å². The number of nitrogens with zero attached hydrogens (tertiary/aromatic N) is 1. The van der Waals surface area contributed by atoms with E-state index < -0.39 is 5.91 Å². The maximum Gasteiger partial charge on any atom is 0.261 e. The molecule has 2 amide bonds. The summed E-state index contributed by atoms with van der Waals surface area (Å²) in [6.07, 6.45) is 6.27. The molecule has 7 heteroatoms. The summed E-state index contributed by atoms with van der Waals surface area (Å²) in [5.74, 6) is -0.342. The number of nitrogens with two attached hydrogens (primary N) is 1. The van der Waals surface area contributed by atoms with Crippen molar-refractivity contribution in [1.82, 2.24) is 5.16 Å².